The molecule has 0 fully saturated rings. The maximum atomic E-state index is 14.3. The number of halogens is 3. The Morgan fingerprint density at radius 3 is 2.70 bits per heavy atom. The van der Waals surface area contributed by atoms with Crippen LogP contribution in [0.15, 0.2) is 36.5 Å². The molecule has 1 aromatic heterocycles. The molecule has 2 rings (SSSR count). The van der Waals surface area contributed by atoms with Gasteiger partial charge in [-0.3, -0.25) is 0 Å². The molecule has 3 nitrogen and oxygen atoms in total. The lowest BCUT2D eigenvalue weighted by Crippen LogP contribution is -2.11. The number of hydrogen-bond acceptors (Lipinski definition) is 3. The van der Waals surface area contributed by atoms with E-state index in [0.29, 0.717) is 12.0 Å². The van der Waals surface area contributed by atoms with Crippen molar-refractivity contribution in [1.29, 1.82) is 0 Å². The largest absolute Gasteiger partial charge is 0.434 e. The van der Waals surface area contributed by atoms with Gasteiger partial charge in [0.1, 0.15) is 0 Å². The monoisotopic (exact) mass is 316 g/mol. The van der Waals surface area contributed by atoms with Crippen LogP contribution in [-0.4, -0.2) is 4.98 Å². The second-order valence-electron chi connectivity index (χ2n) is 4.06. The Hall–Kier alpha value is -1.36. The molecule has 0 saturated carbocycles. The number of nitrogens with two attached hydrogens (primary N) is 1. The number of aromatic nitrogens is 1. The van der Waals surface area contributed by atoms with E-state index in [1.807, 2.05) is 6.92 Å². The Labute approximate surface area is 128 Å². The summed E-state index contributed by atoms with van der Waals surface area (Å²) in [5.74, 6) is -0.292. The van der Waals surface area contributed by atoms with Crippen molar-refractivity contribution in [1.82, 2.24) is 4.98 Å². The van der Waals surface area contributed by atoms with Crippen LogP contribution in [0.5, 0.6) is 11.6 Å². The summed E-state index contributed by atoms with van der Waals surface area (Å²) in [5.41, 5.74) is 6.24. The fourth-order valence-corrected chi connectivity index (χ4v) is 1.84. The lowest BCUT2D eigenvalue weighted by atomic mass is 10.0. The molecule has 20 heavy (non-hydrogen) atoms. The minimum atomic E-state index is -0.535. The minimum absolute atomic E-state index is 0. The molecule has 0 amide bonds. The van der Waals surface area contributed by atoms with Gasteiger partial charge < -0.3 is 10.5 Å². The highest BCUT2D eigenvalue weighted by Gasteiger charge is 2.18. The van der Waals surface area contributed by atoms with E-state index in [2.05, 4.69) is 4.98 Å². The van der Waals surface area contributed by atoms with Crippen molar-refractivity contribution in [2.75, 3.05) is 0 Å². The third kappa shape index (κ3) is 3.60. The van der Waals surface area contributed by atoms with E-state index in [1.165, 1.54) is 0 Å². The first-order chi connectivity index (χ1) is 9.13. The van der Waals surface area contributed by atoms with Gasteiger partial charge in [0.2, 0.25) is 5.88 Å². The van der Waals surface area contributed by atoms with Crippen LogP contribution in [0.3, 0.4) is 0 Å². The fraction of sp³-hybridized carbons (Fsp3) is 0.214. The molecule has 6 heteroatoms. The first-order valence-corrected chi connectivity index (χ1v) is 6.33. The van der Waals surface area contributed by atoms with E-state index >= 15 is 0 Å². The number of benzene rings is 1. The van der Waals surface area contributed by atoms with Crippen molar-refractivity contribution in [2.45, 2.75) is 19.4 Å². The molecule has 1 heterocycles. The predicted octanol–water partition coefficient (Wildman–Crippen LogP) is 4.50. The van der Waals surface area contributed by atoms with Crippen molar-refractivity contribution in [2.24, 2.45) is 5.73 Å². The molecule has 0 unspecified atom stereocenters. The standard InChI is InChI=1S/C14H14ClFN2O.ClH/c1-2-11(17)9-6-7-10(15)14(13(9)16)19-12-5-3-4-8-18-12;/h3-8,11H,2,17H2,1H3;1H/t11-;/m1./s1. The zero-order chi connectivity index (χ0) is 13.8. The van der Waals surface area contributed by atoms with Crippen LogP contribution in [0, 0.1) is 5.82 Å². The summed E-state index contributed by atoms with van der Waals surface area (Å²) in [6.45, 7) is 1.89. The molecule has 1 atom stereocenters. The summed E-state index contributed by atoms with van der Waals surface area (Å²) in [4.78, 5) is 3.97. The highest BCUT2D eigenvalue weighted by atomic mass is 35.5. The lowest BCUT2D eigenvalue weighted by Gasteiger charge is -2.14. The van der Waals surface area contributed by atoms with E-state index in [0.717, 1.165) is 0 Å². The highest BCUT2D eigenvalue weighted by molar-refractivity contribution is 6.32. The zero-order valence-electron chi connectivity index (χ0n) is 10.8. The second-order valence-corrected chi connectivity index (χ2v) is 4.47. The smallest absolute Gasteiger partial charge is 0.219 e. The molecule has 0 saturated heterocycles. The van der Waals surface area contributed by atoms with Crippen LogP contribution in [0.2, 0.25) is 5.02 Å². The van der Waals surface area contributed by atoms with Crippen LogP contribution in [0.1, 0.15) is 24.9 Å². The van der Waals surface area contributed by atoms with Gasteiger partial charge in [0.25, 0.3) is 0 Å². The van der Waals surface area contributed by atoms with Crippen LogP contribution >= 0.6 is 24.0 Å². The Bertz CT molecular complexity index is 567. The lowest BCUT2D eigenvalue weighted by molar-refractivity contribution is 0.421. The molecule has 0 radical (unpaired) electrons. The summed E-state index contributed by atoms with van der Waals surface area (Å²) < 4.78 is 19.7. The number of rotatable bonds is 4. The first-order valence-electron chi connectivity index (χ1n) is 5.95. The second kappa shape index (κ2) is 7.43. The van der Waals surface area contributed by atoms with Crippen LogP contribution in [-0.2, 0) is 0 Å². The molecule has 0 aliphatic heterocycles. The number of hydrogen-bond donors (Lipinski definition) is 1. The maximum Gasteiger partial charge on any atom is 0.219 e. The average Bonchev–Trinajstić information content (AvgIpc) is 2.44. The number of ether oxygens (including phenoxy) is 1. The first kappa shape index (κ1) is 16.7. The quantitative estimate of drug-likeness (QED) is 0.903. The molecule has 108 valence electrons. The van der Waals surface area contributed by atoms with Crippen molar-refractivity contribution >= 4 is 24.0 Å². The van der Waals surface area contributed by atoms with Crippen LogP contribution in [0.4, 0.5) is 4.39 Å². The van der Waals surface area contributed by atoms with Gasteiger partial charge in [-0.1, -0.05) is 30.7 Å². The third-order valence-corrected chi connectivity index (χ3v) is 3.06. The summed E-state index contributed by atoms with van der Waals surface area (Å²) >= 11 is 5.97. The van der Waals surface area contributed by atoms with Gasteiger partial charge in [-0.2, -0.15) is 0 Å². The van der Waals surface area contributed by atoms with Gasteiger partial charge in [-0.25, -0.2) is 9.37 Å². The zero-order valence-corrected chi connectivity index (χ0v) is 12.4. The molecular weight excluding hydrogens is 302 g/mol. The number of pyridine rings is 1. The Morgan fingerprint density at radius 2 is 2.10 bits per heavy atom. The summed E-state index contributed by atoms with van der Waals surface area (Å²) in [7, 11) is 0. The molecule has 0 aliphatic rings. The summed E-state index contributed by atoms with van der Waals surface area (Å²) in [6, 6.07) is 7.89. The van der Waals surface area contributed by atoms with E-state index in [-0.39, 0.29) is 35.1 Å². The molecule has 1 aromatic carbocycles. The Kier molecular flexibility index (Phi) is 6.20. The van der Waals surface area contributed by atoms with Crippen LogP contribution < -0.4 is 10.5 Å². The van der Waals surface area contributed by atoms with E-state index in [4.69, 9.17) is 22.1 Å². The fourth-order valence-electron chi connectivity index (χ4n) is 1.66. The van der Waals surface area contributed by atoms with Gasteiger partial charge in [-0.05, 0) is 18.6 Å². The topological polar surface area (TPSA) is 48.1 Å². The Morgan fingerprint density at radius 1 is 1.35 bits per heavy atom. The molecule has 2 N–H and O–H groups in total. The molecule has 0 bridgehead atoms. The maximum absolute atomic E-state index is 14.3. The highest BCUT2D eigenvalue weighted by Crippen LogP contribution is 2.35. The Balaban J connectivity index is 0.00000200. The van der Waals surface area contributed by atoms with E-state index in [9.17, 15) is 4.39 Å². The van der Waals surface area contributed by atoms with Crippen LogP contribution in [0.25, 0.3) is 0 Å². The minimum Gasteiger partial charge on any atom is -0.434 e. The predicted molar refractivity (Wildman–Crippen MR) is 80.2 cm³/mol. The van der Waals surface area contributed by atoms with Gasteiger partial charge in [0, 0.05) is 23.9 Å². The molecule has 0 aliphatic carbocycles. The SMILES string of the molecule is CC[C@@H](N)c1ccc(Cl)c(Oc2ccccn2)c1F.Cl. The van der Waals surface area contributed by atoms with Crippen molar-refractivity contribution in [3.63, 3.8) is 0 Å². The van der Waals surface area contributed by atoms with Gasteiger partial charge in [0.15, 0.2) is 11.6 Å². The van der Waals surface area contributed by atoms with E-state index < -0.39 is 5.82 Å². The van der Waals surface area contributed by atoms with E-state index in [1.54, 1.807) is 36.5 Å². The van der Waals surface area contributed by atoms with Gasteiger partial charge in [0.05, 0.1) is 5.02 Å². The molecular formula is C14H15Cl2FN2O. The number of nitrogens with zero attached hydrogens (tertiary/aromatic N) is 1. The summed E-state index contributed by atoms with van der Waals surface area (Å²) in [6.07, 6.45) is 2.18. The summed E-state index contributed by atoms with van der Waals surface area (Å²) in [5, 5.41) is 0.190. The van der Waals surface area contributed by atoms with Crippen molar-refractivity contribution in [3.05, 3.63) is 52.9 Å². The van der Waals surface area contributed by atoms with Gasteiger partial charge in [-0.15, -0.1) is 12.4 Å². The van der Waals surface area contributed by atoms with Crippen molar-refractivity contribution < 1.29 is 9.13 Å². The molecule has 2 aromatic rings. The van der Waals surface area contributed by atoms with Gasteiger partial charge >= 0.3 is 0 Å². The van der Waals surface area contributed by atoms with Crippen molar-refractivity contribution in [3.8, 4) is 11.6 Å². The third-order valence-electron chi connectivity index (χ3n) is 2.76. The normalized spacial score (nSPS) is 11.6. The molecule has 0 spiro atoms. The average molecular weight is 317 g/mol.